The van der Waals surface area contributed by atoms with Crippen molar-refractivity contribution in [3.63, 3.8) is 0 Å². The summed E-state index contributed by atoms with van der Waals surface area (Å²) in [6.45, 7) is 2.16. The Balaban J connectivity index is 1.77. The van der Waals surface area contributed by atoms with Gasteiger partial charge in [0.15, 0.2) is 10.9 Å². The van der Waals surface area contributed by atoms with E-state index in [2.05, 4.69) is 26.2 Å². The summed E-state index contributed by atoms with van der Waals surface area (Å²) < 4.78 is 1.95. The van der Waals surface area contributed by atoms with Crippen LogP contribution < -0.4 is 5.32 Å². The van der Waals surface area contributed by atoms with E-state index in [-0.39, 0.29) is 12.3 Å². The van der Waals surface area contributed by atoms with Crippen LogP contribution in [0.25, 0.3) is 10.2 Å². The molecule has 0 aliphatic heterocycles. The quantitative estimate of drug-likeness (QED) is 0.608. The number of fused-ring (bicyclic) bond motifs is 1. The van der Waals surface area contributed by atoms with Gasteiger partial charge in [0.25, 0.3) is 0 Å². The number of carbonyl (C=O) groups excluding carboxylic acids is 1. The summed E-state index contributed by atoms with van der Waals surface area (Å²) in [6.07, 6.45) is 0. The van der Waals surface area contributed by atoms with Crippen LogP contribution in [0.3, 0.4) is 0 Å². The fraction of sp³-hybridized carbons (Fsp3) is 0.125. The first-order valence-electron chi connectivity index (χ1n) is 6.63. The molecule has 0 fully saturated rings. The molecule has 0 aliphatic rings. The lowest BCUT2D eigenvalue weighted by molar-refractivity contribution is 0.101. The van der Waals surface area contributed by atoms with Gasteiger partial charge in [-0.2, -0.15) is 0 Å². The molecule has 6 heteroatoms. The maximum Gasteiger partial charge on any atom is 0.184 e. The highest BCUT2D eigenvalue weighted by Crippen LogP contribution is 2.31. The second-order valence-corrected chi connectivity index (χ2v) is 7.18. The molecule has 0 atom stereocenters. The first-order valence-corrected chi connectivity index (χ1v) is 8.61. The highest BCUT2D eigenvalue weighted by Gasteiger charge is 2.10. The van der Waals surface area contributed by atoms with Crippen molar-refractivity contribution in [2.45, 2.75) is 6.92 Å². The topological polar surface area (TPSA) is 42.0 Å². The number of hydrogen-bond donors (Lipinski definition) is 1. The molecule has 0 saturated carbocycles. The van der Waals surface area contributed by atoms with Crippen LogP contribution in [0.15, 0.2) is 40.9 Å². The average molecular weight is 396 g/mol. The van der Waals surface area contributed by atoms with Gasteiger partial charge in [-0.25, -0.2) is 4.98 Å². The Kier molecular flexibility index (Phi) is 4.47. The normalized spacial score (nSPS) is 10.9. The van der Waals surface area contributed by atoms with Gasteiger partial charge in [-0.15, -0.1) is 0 Å². The number of aryl methyl sites for hydroxylation is 1. The third kappa shape index (κ3) is 3.16. The first-order chi connectivity index (χ1) is 10.5. The van der Waals surface area contributed by atoms with Crippen molar-refractivity contribution < 1.29 is 4.79 Å². The van der Waals surface area contributed by atoms with Crippen LogP contribution >= 0.6 is 38.9 Å². The molecule has 0 saturated heterocycles. The van der Waals surface area contributed by atoms with E-state index in [1.807, 2.05) is 37.3 Å². The van der Waals surface area contributed by atoms with Gasteiger partial charge < -0.3 is 5.32 Å². The lowest BCUT2D eigenvalue weighted by atomic mass is 10.1. The smallest absolute Gasteiger partial charge is 0.184 e. The zero-order chi connectivity index (χ0) is 15.7. The van der Waals surface area contributed by atoms with Crippen LogP contribution in [0.4, 0.5) is 5.13 Å². The predicted octanol–water partition coefficient (Wildman–Crippen LogP) is 5.32. The number of carbonyl (C=O) groups is 1. The molecular formula is C16H12BrClN2OS. The molecule has 112 valence electrons. The van der Waals surface area contributed by atoms with E-state index >= 15 is 0 Å². The Morgan fingerprint density at radius 1 is 1.36 bits per heavy atom. The van der Waals surface area contributed by atoms with Gasteiger partial charge in [-0.1, -0.05) is 51.0 Å². The largest absolute Gasteiger partial charge is 0.354 e. The summed E-state index contributed by atoms with van der Waals surface area (Å²) in [5.41, 5.74) is 2.51. The third-order valence-corrected chi connectivity index (χ3v) is 5.18. The number of aromatic nitrogens is 1. The molecule has 1 heterocycles. The lowest BCUT2D eigenvalue weighted by Crippen LogP contribution is -2.13. The number of Topliss-reactive ketones (excluding diaryl/α,β-unsaturated/α-hetero) is 1. The second kappa shape index (κ2) is 6.36. The molecule has 3 aromatic rings. The Bertz CT molecular complexity index is 862. The maximum atomic E-state index is 12.2. The van der Waals surface area contributed by atoms with Crippen molar-refractivity contribution >= 4 is 60.0 Å². The van der Waals surface area contributed by atoms with Gasteiger partial charge in [0, 0.05) is 15.1 Å². The third-order valence-electron chi connectivity index (χ3n) is 3.29. The van der Waals surface area contributed by atoms with Crippen LogP contribution in [-0.4, -0.2) is 17.3 Å². The number of anilines is 1. The number of rotatable bonds is 4. The number of benzene rings is 2. The molecule has 0 unspecified atom stereocenters. The monoisotopic (exact) mass is 394 g/mol. The second-order valence-electron chi connectivity index (χ2n) is 4.83. The minimum Gasteiger partial charge on any atom is -0.354 e. The average Bonchev–Trinajstić information content (AvgIpc) is 2.92. The SMILES string of the molecule is Cc1c(Cl)ccc2sc(NCC(=O)c3cccc(Br)c3)nc12. The van der Waals surface area contributed by atoms with E-state index in [1.165, 1.54) is 11.3 Å². The van der Waals surface area contributed by atoms with Crippen LogP contribution in [0.2, 0.25) is 5.02 Å². The van der Waals surface area contributed by atoms with Crippen molar-refractivity contribution in [1.82, 2.24) is 4.98 Å². The zero-order valence-corrected chi connectivity index (χ0v) is 14.8. The number of ketones is 1. The van der Waals surface area contributed by atoms with Crippen molar-refractivity contribution in [2.24, 2.45) is 0 Å². The van der Waals surface area contributed by atoms with Crippen LogP contribution in [0.1, 0.15) is 15.9 Å². The molecule has 0 bridgehead atoms. The van der Waals surface area contributed by atoms with E-state index in [0.29, 0.717) is 10.6 Å². The molecule has 0 aliphatic carbocycles. The van der Waals surface area contributed by atoms with Gasteiger partial charge in [0.1, 0.15) is 0 Å². The van der Waals surface area contributed by atoms with Gasteiger partial charge in [-0.3, -0.25) is 4.79 Å². The molecule has 0 radical (unpaired) electrons. The number of hydrogen-bond acceptors (Lipinski definition) is 4. The molecule has 0 spiro atoms. The maximum absolute atomic E-state index is 12.2. The Morgan fingerprint density at radius 3 is 2.95 bits per heavy atom. The molecular weight excluding hydrogens is 384 g/mol. The summed E-state index contributed by atoms with van der Waals surface area (Å²) >= 11 is 11.0. The van der Waals surface area contributed by atoms with Crippen molar-refractivity contribution in [3.05, 3.63) is 57.0 Å². The van der Waals surface area contributed by atoms with Gasteiger partial charge in [-0.05, 0) is 36.8 Å². The van der Waals surface area contributed by atoms with Crippen LogP contribution in [0, 0.1) is 6.92 Å². The molecule has 2 aromatic carbocycles. The number of nitrogens with one attached hydrogen (secondary N) is 1. The summed E-state index contributed by atoms with van der Waals surface area (Å²) in [5, 5.41) is 4.53. The Morgan fingerprint density at radius 2 is 2.18 bits per heavy atom. The highest BCUT2D eigenvalue weighted by atomic mass is 79.9. The van der Waals surface area contributed by atoms with Crippen molar-refractivity contribution in [1.29, 1.82) is 0 Å². The van der Waals surface area contributed by atoms with E-state index in [9.17, 15) is 4.79 Å². The fourth-order valence-corrected chi connectivity index (χ4v) is 3.57. The zero-order valence-electron chi connectivity index (χ0n) is 11.7. The molecule has 22 heavy (non-hydrogen) atoms. The van der Waals surface area contributed by atoms with Crippen molar-refractivity contribution in [2.75, 3.05) is 11.9 Å². The number of halogens is 2. The predicted molar refractivity (Wildman–Crippen MR) is 96.3 cm³/mol. The highest BCUT2D eigenvalue weighted by molar-refractivity contribution is 9.10. The van der Waals surface area contributed by atoms with E-state index in [0.717, 1.165) is 25.4 Å². The summed E-state index contributed by atoms with van der Waals surface area (Å²) in [4.78, 5) is 16.7. The molecule has 1 aromatic heterocycles. The van der Waals surface area contributed by atoms with Gasteiger partial charge >= 0.3 is 0 Å². The van der Waals surface area contributed by atoms with Gasteiger partial charge in [0.2, 0.25) is 0 Å². The van der Waals surface area contributed by atoms with E-state index in [1.54, 1.807) is 6.07 Å². The van der Waals surface area contributed by atoms with E-state index < -0.39 is 0 Å². The molecule has 1 N–H and O–H groups in total. The Labute approximate surface area is 145 Å². The number of nitrogens with zero attached hydrogens (tertiary/aromatic N) is 1. The van der Waals surface area contributed by atoms with Crippen molar-refractivity contribution in [3.8, 4) is 0 Å². The summed E-state index contributed by atoms with van der Waals surface area (Å²) in [7, 11) is 0. The minimum absolute atomic E-state index is 0.0234. The molecule has 0 amide bonds. The molecule has 3 rings (SSSR count). The summed E-state index contributed by atoms with van der Waals surface area (Å²) in [6, 6.07) is 11.2. The number of thiazole rings is 1. The first kappa shape index (κ1) is 15.5. The fourth-order valence-electron chi connectivity index (χ4n) is 2.10. The Hall–Kier alpha value is -1.43. The summed E-state index contributed by atoms with van der Waals surface area (Å²) in [5.74, 6) is 0.0234. The standard InChI is InChI=1S/C16H12BrClN2OS/c1-9-12(18)5-6-14-15(9)20-16(22-14)19-8-13(21)10-3-2-4-11(17)7-10/h2-7H,8H2,1H3,(H,19,20). The molecule has 3 nitrogen and oxygen atoms in total. The lowest BCUT2D eigenvalue weighted by Gasteiger charge is -2.02. The van der Waals surface area contributed by atoms with Gasteiger partial charge in [0.05, 0.1) is 16.8 Å². The minimum atomic E-state index is 0.0234. The van der Waals surface area contributed by atoms with Crippen LogP contribution in [0.5, 0.6) is 0 Å². The van der Waals surface area contributed by atoms with Crippen LogP contribution in [-0.2, 0) is 0 Å². The van der Waals surface area contributed by atoms with E-state index in [4.69, 9.17) is 11.6 Å².